The van der Waals surface area contributed by atoms with Crippen molar-refractivity contribution in [3.05, 3.63) is 35.4 Å². The highest BCUT2D eigenvalue weighted by atomic mass is 16.5. The predicted molar refractivity (Wildman–Crippen MR) is 153 cm³/mol. The van der Waals surface area contributed by atoms with E-state index in [1.807, 2.05) is 0 Å². The number of unbranched alkanes of at least 4 members (excludes halogenated alkanes) is 2. The summed E-state index contributed by atoms with van der Waals surface area (Å²) in [6.45, 7) is 9.73. The third-order valence-electron chi connectivity index (χ3n) is 4.35. The Hall–Kier alpha value is -2.20. The van der Waals surface area contributed by atoms with Gasteiger partial charge in [0, 0.05) is 13.2 Å². The zero-order valence-electron chi connectivity index (χ0n) is 24.6. The van der Waals surface area contributed by atoms with Crippen LogP contribution < -0.4 is 0 Å². The fourth-order valence-corrected chi connectivity index (χ4v) is 2.25. The van der Waals surface area contributed by atoms with Gasteiger partial charge in [0.2, 0.25) is 0 Å². The number of carboxylic acid groups (broad SMARTS) is 2. The van der Waals surface area contributed by atoms with Crippen LogP contribution in [-0.2, 0) is 23.7 Å². The molecule has 0 unspecified atom stereocenters. The molecule has 0 aliphatic rings. The number of carboxylic acids is 2. The van der Waals surface area contributed by atoms with Gasteiger partial charge < -0.3 is 54.3 Å². The minimum atomic E-state index is -1.06. The summed E-state index contributed by atoms with van der Waals surface area (Å²) < 4.78 is 24.8. The fourth-order valence-electron chi connectivity index (χ4n) is 2.25. The first-order valence-electron chi connectivity index (χ1n) is 13.7. The van der Waals surface area contributed by atoms with Crippen molar-refractivity contribution in [3.63, 3.8) is 0 Å². The van der Waals surface area contributed by atoms with E-state index in [1.165, 1.54) is 49.9 Å². The van der Waals surface area contributed by atoms with E-state index in [2.05, 4.69) is 13.8 Å². The summed E-state index contributed by atoms with van der Waals surface area (Å²) in [5.74, 6) is -2.13. The van der Waals surface area contributed by atoms with E-state index in [-0.39, 0.29) is 37.6 Å². The molecule has 0 spiro atoms. The first kappa shape index (κ1) is 43.3. The van der Waals surface area contributed by atoms with Gasteiger partial charge in [-0.3, -0.25) is 0 Å². The topological polar surface area (TPSA) is 202 Å². The molecule has 0 aliphatic heterocycles. The van der Waals surface area contributed by atoms with Crippen molar-refractivity contribution in [2.24, 2.45) is 0 Å². The Labute approximate surface area is 243 Å². The molecule has 6 N–H and O–H groups in total. The minimum Gasteiger partial charge on any atom is -0.478 e. The summed E-state index contributed by atoms with van der Waals surface area (Å²) in [6, 6.07) is 5.02. The molecule has 0 aromatic heterocycles. The smallest absolute Gasteiger partial charge is 0.335 e. The number of aromatic carboxylic acids is 2. The van der Waals surface area contributed by atoms with E-state index < -0.39 is 11.9 Å². The van der Waals surface area contributed by atoms with E-state index in [1.54, 1.807) is 0 Å². The van der Waals surface area contributed by atoms with Crippen LogP contribution >= 0.6 is 0 Å². The maximum absolute atomic E-state index is 10.3. The monoisotopic (exact) mass is 596 g/mol. The maximum Gasteiger partial charge on any atom is 0.335 e. The van der Waals surface area contributed by atoms with Crippen molar-refractivity contribution < 1.29 is 63.9 Å². The van der Waals surface area contributed by atoms with Crippen LogP contribution in [0.15, 0.2) is 24.3 Å². The van der Waals surface area contributed by atoms with Gasteiger partial charge in [0.25, 0.3) is 0 Å². The van der Waals surface area contributed by atoms with Crippen molar-refractivity contribution in [3.8, 4) is 0 Å². The Morgan fingerprint density at radius 2 is 0.732 bits per heavy atom. The molecule has 1 rings (SSSR count). The Morgan fingerprint density at radius 3 is 0.927 bits per heavy atom. The Morgan fingerprint density at radius 1 is 0.488 bits per heavy atom. The lowest BCUT2D eigenvalue weighted by molar-refractivity contribution is 0.0222. The second kappa shape index (κ2) is 37.8. The van der Waals surface area contributed by atoms with E-state index in [4.69, 9.17) is 54.3 Å². The zero-order valence-corrected chi connectivity index (χ0v) is 24.6. The van der Waals surface area contributed by atoms with Crippen LogP contribution in [0.3, 0.4) is 0 Å². The van der Waals surface area contributed by atoms with Crippen LogP contribution in [0.1, 0.15) is 60.2 Å². The Balaban J connectivity index is -0.000000473. The second-order valence-corrected chi connectivity index (χ2v) is 7.85. The van der Waals surface area contributed by atoms with Gasteiger partial charge in [0.1, 0.15) is 0 Å². The molecule has 13 nitrogen and oxygen atoms in total. The van der Waals surface area contributed by atoms with Gasteiger partial charge in [0.15, 0.2) is 0 Å². The molecule has 0 saturated heterocycles. The highest BCUT2D eigenvalue weighted by Crippen LogP contribution is 2.03. The van der Waals surface area contributed by atoms with E-state index in [9.17, 15) is 9.59 Å². The molecule has 0 heterocycles. The van der Waals surface area contributed by atoms with Gasteiger partial charge in [-0.1, -0.05) is 26.7 Å². The molecule has 1 aromatic carbocycles. The normalized spacial score (nSPS) is 9.90. The number of aliphatic hydroxyl groups is 4. The average molecular weight is 597 g/mol. The predicted octanol–water partition coefficient (Wildman–Crippen LogP) is 1.69. The highest BCUT2D eigenvalue weighted by molar-refractivity contribution is 5.91. The summed E-state index contributed by atoms with van der Waals surface area (Å²) >= 11 is 0. The molecular formula is C28H52O13. The van der Waals surface area contributed by atoms with E-state index in [0.29, 0.717) is 52.9 Å². The SMILES string of the molecule is CCCCOCCCC.O=C(O)c1ccc(C(=O)O)cc1.OCCOCCOCCO.OCCOCCOCCO. The largest absolute Gasteiger partial charge is 0.478 e. The molecule has 0 fully saturated rings. The van der Waals surface area contributed by atoms with Crippen LogP contribution in [0.4, 0.5) is 0 Å². The van der Waals surface area contributed by atoms with Gasteiger partial charge in [-0.15, -0.1) is 0 Å². The zero-order chi connectivity index (χ0) is 31.4. The number of rotatable bonds is 22. The number of hydrogen-bond acceptors (Lipinski definition) is 11. The third kappa shape index (κ3) is 37.8. The summed E-state index contributed by atoms with van der Waals surface area (Å²) in [6.07, 6.45) is 4.91. The van der Waals surface area contributed by atoms with Crippen molar-refractivity contribution >= 4 is 11.9 Å². The summed E-state index contributed by atoms with van der Waals surface area (Å²) in [7, 11) is 0. The van der Waals surface area contributed by atoms with Crippen molar-refractivity contribution in [1.82, 2.24) is 0 Å². The van der Waals surface area contributed by atoms with E-state index in [0.717, 1.165) is 13.2 Å². The van der Waals surface area contributed by atoms with Gasteiger partial charge in [-0.25, -0.2) is 9.59 Å². The third-order valence-corrected chi connectivity index (χ3v) is 4.35. The van der Waals surface area contributed by atoms with Gasteiger partial charge in [-0.2, -0.15) is 0 Å². The molecule has 0 amide bonds. The van der Waals surface area contributed by atoms with Crippen LogP contribution in [0.25, 0.3) is 0 Å². The lowest BCUT2D eigenvalue weighted by Gasteiger charge is -2.01. The highest BCUT2D eigenvalue weighted by Gasteiger charge is 2.04. The second-order valence-electron chi connectivity index (χ2n) is 7.85. The van der Waals surface area contributed by atoms with E-state index >= 15 is 0 Å². The Bertz CT molecular complexity index is 586. The molecule has 41 heavy (non-hydrogen) atoms. The van der Waals surface area contributed by atoms with Crippen LogP contribution in [-0.4, -0.2) is 135 Å². The van der Waals surface area contributed by atoms with Crippen molar-refractivity contribution in [2.45, 2.75) is 39.5 Å². The number of aliphatic hydroxyl groups excluding tert-OH is 4. The number of benzene rings is 1. The molecule has 0 bridgehead atoms. The van der Waals surface area contributed by atoms with Gasteiger partial charge in [-0.05, 0) is 37.1 Å². The summed E-state index contributed by atoms with van der Waals surface area (Å²) in [5.41, 5.74) is 0.167. The molecule has 0 aliphatic carbocycles. The summed E-state index contributed by atoms with van der Waals surface area (Å²) in [4.78, 5) is 20.7. The molecule has 13 heteroatoms. The number of carbonyl (C=O) groups is 2. The lowest BCUT2D eigenvalue weighted by Crippen LogP contribution is -2.09. The number of hydrogen-bond donors (Lipinski definition) is 6. The van der Waals surface area contributed by atoms with Crippen molar-refractivity contribution in [2.75, 3.05) is 92.5 Å². The van der Waals surface area contributed by atoms with Crippen molar-refractivity contribution in [1.29, 1.82) is 0 Å². The summed E-state index contributed by atoms with van der Waals surface area (Å²) in [5, 5.41) is 50.0. The first-order chi connectivity index (χ1) is 19.9. The standard InChI is InChI=1S/C8H6O4.C8H18O.2C6H14O4/c9-7(10)5-1-2-6(4-3-5)8(11)12;1-3-5-7-9-8-6-4-2;2*7-1-3-9-5-6-10-4-2-8/h1-4H,(H,9,10)(H,11,12);3-8H2,1-2H3;2*7-8H,1-6H2. The van der Waals surface area contributed by atoms with Gasteiger partial charge in [0.05, 0.1) is 90.4 Å². The quantitative estimate of drug-likeness (QED) is 0.106. The minimum absolute atomic E-state index is 0.0417. The molecule has 242 valence electrons. The molecule has 0 atom stereocenters. The Kier molecular flexibility index (Phi) is 39.9. The molecule has 0 saturated carbocycles. The molecular weight excluding hydrogens is 544 g/mol. The fraction of sp³-hybridized carbons (Fsp3) is 0.714. The molecule has 0 radical (unpaired) electrons. The van der Waals surface area contributed by atoms with Crippen LogP contribution in [0, 0.1) is 0 Å². The van der Waals surface area contributed by atoms with Crippen LogP contribution in [0.2, 0.25) is 0 Å². The first-order valence-corrected chi connectivity index (χ1v) is 13.7. The molecule has 1 aromatic rings. The lowest BCUT2D eigenvalue weighted by atomic mass is 10.1. The van der Waals surface area contributed by atoms with Gasteiger partial charge >= 0.3 is 11.9 Å². The number of ether oxygens (including phenoxy) is 5. The average Bonchev–Trinajstić information content (AvgIpc) is 2.98. The van der Waals surface area contributed by atoms with Crippen LogP contribution in [0.5, 0.6) is 0 Å². The maximum atomic E-state index is 10.3.